The molecule has 100 valence electrons. The molecule has 1 aromatic carbocycles. The second kappa shape index (κ2) is 7.55. The molecule has 0 saturated carbocycles. The van der Waals surface area contributed by atoms with Crippen molar-refractivity contribution < 1.29 is 14.6 Å². The van der Waals surface area contributed by atoms with Crippen molar-refractivity contribution >= 4 is 11.7 Å². The Hall–Kier alpha value is -1.75. The summed E-state index contributed by atoms with van der Waals surface area (Å²) in [5.41, 5.74) is 0.701. The van der Waals surface area contributed by atoms with Crippen molar-refractivity contribution in [1.82, 2.24) is 5.32 Å². The highest BCUT2D eigenvalue weighted by Crippen LogP contribution is 2.14. The van der Waals surface area contributed by atoms with Crippen LogP contribution >= 0.6 is 0 Å². The van der Waals surface area contributed by atoms with Crippen LogP contribution in [0.5, 0.6) is 5.75 Å². The minimum atomic E-state index is -0.263. The van der Waals surface area contributed by atoms with Gasteiger partial charge in [-0.3, -0.25) is 0 Å². The van der Waals surface area contributed by atoms with Crippen molar-refractivity contribution in [2.24, 2.45) is 0 Å². The van der Waals surface area contributed by atoms with E-state index in [4.69, 9.17) is 9.84 Å². The van der Waals surface area contributed by atoms with Gasteiger partial charge in [0.1, 0.15) is 5.75 Å². The Balaban J connectivity index is 2.47. The highest BCUT2D eigenvalue weighted by Gasteiger charge is 2.09. The highest BCUT2D eigenvalue weighted by atomic mass is 16.5. The lowest BCUT2D eigenvalue weighted by Crippen LogP contribution is -2.38. The molecule has 0 radical (unpaired) electrons. The molecule has 0 spiro atoms. The van der Waals surface area contributed by atoms with Crippen LogP contribution in [0, 0.1) is 0 Å². The fraction of sp³-hybridized carbons (Fsp3) is 0.462. The van der Waals surface area contributed by atoms with E-state index in [1.54, 1.807) is 31.4 Å². The average Bonchev–Trinajstić information content (AvgIpc) is 2.39. The Morgan fingerprint density at radius 3 is 2.56 bits per heavy atom. The molecule has 0 unspecified atom stereocenters. The van der Waals surface area contributed by atoms with Crippen molar-refractivity contribution in [2.75, 3.05) is 19.0 Å². The maximum Gasteiger partial charge on any atom is 0.319 e. The Labute approximate surface area is 107 Å². The van der Waals surface area contributed by atoms with Crippen molar-refractivity contribution in [1.29, 1.82) is 0 Å². The summed E-state index contributed by atoms with van der Waals surface area (Å²) in [5.74, 6) is 0.743. The smallest absolute Gasteiger partial charge is 0.319 e. The summed E-state index contributed by atoms with van der Waals surface area (Å²) >= 11 is 0. The third-order valence-electron chi connectivity index (χ3n) is 2.65. The Bertz CT molecular complexity index is 365. The van der Waals surface area contributed by atoms with E-state index in [-0.39, 0.29) is 18.7 Å². The van der Waals surface area contributed by atoms with Gasteiger partial charge in [0, 0.05) is 18.3 Å². The minimum Gasteiger partial charge on any atom is -0.497 e. The Morgan fingerprint density at radius 1 is 1.39 bits per heavy atom. The monoisotopic (exact) mass is 252 g/mol. The van der Waals surface area contributed by atoms with Crippen LogP contribution < -0.4 is 15.4 Å². The van der Waals surface area contributed by atoms with E-state index in [0.29, 0.717) is 12.1 Å². The Morgan fingerprint density at radius 2 is 2.06 bits per heavy atom. The van der Waals surface area contributed by atoms with Crippen LogP contribution in [-0.4, -0.2) is 30.9 Å². The van der Waals surface area contributed by atoms with Crippen molar-refractivity contribution in [3.8, 4) is 5.75 Å². The molecule has 0 bridgehead atoms. The fourth-order valence-electron chi connectivity index (χ4n) is 1.56. The van der Waals surface area contributed by atoms with Gasteiger partial charge in [0.25, 0.3) is 0 Å². The van der Waals surface area contributed by atoms with Gasteiger partial charge in [-0.2, -0.15) is 0 Å². The molecule has 5 heteroatoms. The number of carbonyl (C=O) groups excluding carboxylic acids is 1. The van der Waals surface area contributed by atoms with Crippen LogP contribution in [0.4, 0.5) is 10.5 Å². The number of aliphatic hydroxyl groups is 1. The van der Waals surface area contributed by atoms with Crippen LogP contribution in [0.25, 0.3) is 0 Å². The molecule has 0 aliphatic carbocycles. The van der Waals surface area contributed by atoms with E-state index in [2.05, 4.69) is 10.6 Å². The predicted molar refractivity (Wildman–Crippen MR) is 70.9 cm³/mol. The van der Waals surface area contributed by atoms with Gasteiger partial charge in [0.2, 0.25) is 0 Å². The summed E-state index contributed by atoms with van der Waals surface area (Å²) in [6.45, 7) is 2.04. The number of ether oxygens (including phenoxy) is 1. The molecule has 1 atom stereocenters. The number of anilines is 1. The summed E-state index contributed by atoms with van der Waals surface area (Å²) in [6.07, 6.45) is 1.35. The average molecular weight is 252 g/mol. The SMILES string of the molecule is CC[C@H](CCO)NC(=O)Nc1ccc(OC)cc1. The first-order chi connectivity index (χ1) is 8.69. The fourth-order valence-corrected chi connectivity index (χ4v) is 1.56. The summed E-state index contributed by atoms with van der Waals surface area (Å²) < 4.78 is 5.03. The van der Waals surface area contributed by atoms with Gasteiger partial charge in [-0.05, 0) is 37.1 Å². The van der Waals surface area contributed by atoms with E-state index in [9.17, 15) is 4.79 Å². The first-order valence-electron chi connectivity index (χ1n) is 6.02. The van der Waals surface area contributed by atoms with E-state index in [1.807, 2.05) is 6.92 Å². The standard InChI is InChI=1S/C13H20N2O3/c1-3-10(8-9-16)14-13(17)15-11-4-6-12(18-2)7-5-11/h4-7,10,16H,3,8-9H2,1-2H3,(H2,14,15,17)/t10-/m1/s1. The molecule has 0 fully saturated rings. The van der Waals surface area contributed by atoms with Crippen LogP contribution in [0.2, 0.25) is 0 Å². The minimum absolute atomic E-state index is 0.00625. The van der Waals surface area contributed by atoms with Crippen LogP contribution in [0.3, 0.4) is 0 Å². The number of amides is 2. The van der Waals surface area contributed by atoms with Crippen molar-refractivity contribution in [3.63, 3.8) is 0 Å². The summed E-state index contributed by atoms with van der Waals surface area (Å²) in [7, 11) is 1.59. The number of benzene rings is 1. The molecular formula is C13H20N2O3. The lowest BCUT2D eigenvalue weighted by Gasteiger charge is -2.16. The van der Waals surface area contributed by atoms with Crippen LogP contribution in [-0.2, 0) is 0 Å². The number of hydrogen-bond donors (Lipinski definition) is 3. The molecule has 5 nitrogen and oxygen atoms in total. The first kappa shape index (κ1) is 14.3. The van der Waals surface area contributed by atoms with Crippen molar-refractivity contribution in [3.05, 3.63) is 24.3 Å². The van der Waals surface area contributed by atoms with Crippen LogP contribution in [0.15, 0.2) is 24.3 Å². The maximum absolute atomic E-state index is 11.7. The number of carbonyl (C=O) groups is 1. The summed E-state index contributed by atoms with van der Waals surface area (Å²) in [5, 5.41) is 14.4. The van der Waals surface area contributed by atoms with Gasteiger partial charge >= 0.3 is 6.03 Å². The highest BCUT2D eigenvalue weighted by molar-refractivity contribution is 5.89. The molecule has 0 saturated heterocycles. The topological polar surface area (TPSA) is 70.6 Å². The van der Waals surface area contributed by atoms with Gasteiger partial charge in [-0.15, -0.1) is 0 Å². The predicted octanol–water partition coefficient (Wildman–Crippen LogP) is 1.98. The Kier molecular flexibility index (Phi) is 6.00. The molecule has 3 N–H and O–H groups in total. The number of urea groups is 1. The largest absolute Gasteiger partial charge is 0.497 e. The van der Waals surface area contributed by atoms with Gasteiger partial charge in [0.15, 0.2) is 0 Å². The van der Waals surface area contributed by atoms with E-state index in [1.165, 1.54) is 0 Å². The number of hydrogen-bond acceptors (Lipinski definition) is 3. The first-order valence-corrected chi connectivity index (χ1v) is 6.02. The normalized spacial score (nSPS) is 11.7. The molecule has 1 rings (SSSR count). The molecular weight excluding hydrogens is 232 g/mol. The van der Waals surface area contributed by atoms with E-state index in [0.717, 1.165) is 12.2 Å². The van der Waals surface area contributed by atoms with Crippen LogP contribution in [0.1, 0.15) is 19.8 Å². The zero-order chi connectivity index (χ0) is 13.4. The number of aliphatic hydroxyl groups excluding tert-OH is 1. The lowest BCUT2D eigenvalue weighted by atomic mass is 10.2. The molecule has 0 aliphatic rings. The third kappa shape index (κ3) is 4.63. The molecule has 1 aromatic rings. The third-order valence-corrected chi connectivity index (χ3v) is 2.65. The molecule has 0 heterocycles. The van der Waals surface area contributed by atoms with Gasteiger partial charge in [-0.1, -0.05) is 6.92 Å². The number of methoxy groups -OCH3 is 1. The molecule has 0 aromatic heterocycles. The maximum atomic E-state index is 11.7. The molecule has 2 amide bonds. The van der Waals surface area contributed by atoms with Gasteiger partial charge in [0.05, 0.1) is 7.11 Å². The zero-order valence-electron chi connectivity index (χ0n) is 10.8. The van der Waals surface area contributed by atoms with Gasteiger partial charge in [-0.25, -0.2) is 4.79 Å². The van der Waals surface area contributed by atoms with Crippen molar-refractivity contribution in [2.45, 2.75) is 25.8 Å². The lowest BCUT2D eigenvalue weighted by molar-refractivity contribution is 0.237. The second-order valence-electron chi connectivity index (χ2n) is 3.94. The van der Waals surface area contributed by atoms with E-state index >= 15 is 0 Å². The van der Waals surface area contributed by atoms with E-state index < -0.39 is 0 Å². The summed E-state index contributed by atoms with van der Waals surface area (Å²) in [6, 6.07) is 6.83. The molecule has 0 aliphatic heterocycles. The molecule has 18 heavy (non-hydrogen) atoms. The quantitative estimate of drug-likeness (QED) is 0.725. The van der Waals surface area contributed by atoms with Gasteiger partial charge < -0.3 is 20.5 Å². The second-order valence-corrected chi connectivity index (χ2v) is 3.94. The number of rotatable bonds is 6. The summed E-state index contributed by atoms with van der Waals surface area (Å²) in [4.78, 5) is 11.7. The zero-order valence-corrected chi connectivity index (χ0v) is 10.8. The number of nitrogens with one attached hydrogen (secondary N) is 2.